The molecule has 2 aromatic rings. The number of benzene rings is 2. The van der Waals surface area contributed by atoms with Crippen LogP contribution < -0.4 is 15.5 Å². The van der Waals surface area contributed by atoms with Gasteiger partial charge in [0.1, 0.15) is 6.04 Å². The molecule has 0 bridgehead atoms. The van der Waals surface area contributed by atoms with Gasteiger partial charge in [0.2, 0.25) is 5.91 Å². The van der Waals surface area contributed by atoms with Crippen LogP contribution in [0.25, 0.3) is 0 Å². The lowest BCUT2D eigenvalue weighted by molar-refractivity contribution is -0.121. The van der Waals surface area contributed by atoms with Gasteiger partial charge in [-0.05, 0) is 49.4 Å². The third kappa shape index (κ3) is 4.48. The average Bonchev–Trinajstić information content (AvgIpc) is 2.65. The first-order valence-corrected chi connectivity index (χ1v) is 9.49. The SMILES string of the molecule is Cc1ccc2c(c1)CCCN2C(=O)C(NC(=O)Nc1ccccc1)C(C)C. The van der Waals surface area contributed by atoms with Gasteiger partial charge in [-0.3, -0.25) is 4.79 Å². The molecule has 1 atom stereocenters. The van der Waals surface area contributed by atoms with Crippen molar-refractivity contribution < 1.29 is 9.59 Å². The summed E-state index contributed by atoms with van der Waals surface area (Å²) in [7, 11) is 0. The molecule has 3 rings (SSSR count). The number of hydrogen-bond acceptors (Lipinski definition) is 2. The fourth-order valence-electron chi connectivity index (χ4n) is 3.47. The van der Waals surface area contributed by atoms with Crippen molar-refractivity contribution >= 4 is 23.3 Å². The number of fused-ring (bicyclic) bond motifs is 1. The topological polar surface area (TPSA) is 61.4 Å². The highest BCUT2D eigenvalue weighted by atomic mass is 16.2. The molecule has 0 fully saturated rings. The van der Waals surface area contributed by atoms with Crippen LogP contribution in [-0.4, -0.2) is 24.5 Å². The van der Waals surface area contributed by atoms with Crippen molar-refractivity contribution in [3.05, 3.63) is 59.7 Å². The summed E-state index contributed by atoms with van der Waals surface area (Å²) < 4.78 is 0. The fourth-order valence-corrected chi connectivity index (χ4v) is 3.47. The van der Waals surface area contributed by atoms with Crippen LogP contribution in [0.1, 0.15) is 31.4 Å². The highest BCUT2D eigenvalue weighted by molar-refractivity contribution is 6.01. The van der Waals surface area contributed by atoms with Gasteiger partial charge in [-0.15, -0.1) is 0 Å². The molecular weight excluding hydrogens is 338 g/mol. The molecule has 0 aromatic heterocycles. The number of nitrogens with zero attached hydrogens (tertiary/aromatic N) is 1. The first-order chi connectivity index (χ1) is 13.0. The number of nitrogens with one attached hydrogen (secondary N) is 2. The van der Waals surface area contributed by atoms with Gasteiger partial charge in [0.15, 0.2) is 0 Å². The second kappa shape index (κ2) is 8.25. The first kappa shape index (κ1) is 19.0. The third-order valence-corrected chi connectivity index (χ3v) is 4.87. The molecule has 5 heteroatoms. The smallest absolute Gasteiger partial charge is 0.319 e. The van der Waals surface area contributed by atoms with E-state index in [1.807, 2.05) is 61.2 Å². The number of rotatable bonds is 4. The van der Waals surface area contributed by atoms with Crippen molar-refractivity contribution in [2.24, 2.45) is 5.92 Å². The van der Waals surface area contributed by atoms with Crippen LogP contribution in [0.5, 0.6) is 0 Å². The number of urea groups is 1. The predicted molar refractivity (Wildman–Crippen MR) is 109 cm³/mol. The van der Waals surface area contributed by atoms with Crippen LogP contribution in [0.4, 0.5) is 16.2 Å². The van der Waals surface area contributed by atoms with Gasteiger partial charge in [0.25, 0.3) is 0 Å². The molecule has 0 aliphatic carbocycles. The van der Waals surface area contributed by atoms with Gasteiger partial charge in [-0.1, -0.05) is 49.7 Å². The summed E-state index contributed by atoms with van der Waals surface area (Å²) in [5, 5.41) is 5.65. The Morgan fingerprint density at radius 3 is 2.52 bits per heavy atom. The molecule has 3 amide bonds. The lowest BCUT2D eigenvalue weighted by atomic mass is 9.96. The normalized spacial score (nSPS) is 14.4. The van der Waals surface area contributed by atoms with Gasteiger partial charge in [-0.25, -0.2) is 4.79 Å². The van der Waals surface area contributed by atoms with E-state index >= 15 is 0 Å². The first-order valence-electron chi connectivity index (χ1n) is 9.49. The lowest BCUT2D eigenvalue weighted by Gasteiger charge is -2.34. The molecule has 27 heavy (non-hydrogen) atoms. The van der Waals surface area contributed by atoms with Crippen LogP contribution in [-0.2, 0) is 11.2 Å². The maximum atomic E-state index is 13.3. The Balaban J connectivity index is 1.75. The quantitative estimate of drug-likeness (QED) is 0.856. The molecule has 0 saturated carbocycles. The number of amides is 3. The van der Waals surface area contributed by atoms with Crippen molar-refractivity contribution in [3.8, 4) is 0 Å². The zero-order valence-corrected chi connectivity index (χ0v) is 16.2. The Morgan fingerprint density at radius 1 is 1.07 bits per heavy atom. The van der Waals surface area contributed by atoms with E-state index in [1.165, 1.54) is 11.1 Å². The van der Waals surface area contributed by atoms with Gasteiger partial charge >= 0.3 is 6.03 Å². The van der Waals surface area contributed by atoms with E-state index in [1.54, 1.807) is 0 Å². The Hall–Kier alpha value is -2.82. The van der Waals surface area contributed by atoms with E-state index < -0.39 is 6.04 Å². The standard InChI is InChI=1S/C22H27N3O2/c1-15(2)20(24-22(27)23-18-9-5-4-6-10-18)21(26)25-13-7-8-17-14-16(3)11-12-19(17)25/h4-6,9-12,14-15,20H,7-8,13H2,1-3H3,(H2,23,24,27). The van der Waals surface area contributed by atoms with Crippen LogP contribution in [0.15, 0.2) is 48.5 Å². The molecule has 0 radical (unpaired) electrons. The minimum Gasteiger partial charge on any atom is -0.326 e. The zero-order valence-electron chi connectivity index (χ0n) is 16.2. The van der Waals surface area contributed by atoms with Crippen molar-refractivity contribution in [1.29, 1.82) is 0 Å². The highest BCUT2D eigenvalue weighted by Crippen LogP contribution is 2.29. The maximum absolute atomic E-state index is 13.3. The summed E-state index contributed by atoms with van der Waals surface area (Å²) in [6, 6.07) is 14.5. The maximum Gasteiger partial charge on any atom is 0.319 e. The number of aryl methyl sites for hydroxylation is 2. The molecule has 2 aromatic carbocycles. The summed E-state index contributed by atoms with van der Waals surface area (Å²) in [5.74, 6) is -0.0761. The summed E-state index contributed by atoms with van der Waals surface area (Å²) in [6.07, 6.45) is 1.91. The number of carbonyl (C=O) groups excluding carboxylic acids is 2. The predicted octanol–water partition coefficient (Wildman–Crippen LogP) is 4.12. The van der Waals surface area contributed by atoms with E-state index in [-0.39, 0.29) is 17.9 Å². The monoisotopic (exact) mass is 365 g/mol. The summed E-state index contributed by atoms with van der Waals surface area (Å²) >= 11 is 0. The Bertz CT molecular complexity index is 818. The van der Waals surface area contributed by atoms with Crippen molar-refractivity contribution in [3.63, 3.8) is 0 Å². The van der Waals surface area contributed by atoms with E-state index in [2.05, 4.69) is 23.6 Å². The number of carbonyl (C=O) groups is 2. The van der Waals surface area contributed by atoms with Crippen LogP contribution in [0.2, 0.25) is 0 Å². The van der Waals surface area contributed by atoms with E-state index in [9.17, 15) is 9.59 Å². The Labute approximate surface area is 160 Å². The molecule has 1 aliphatic heterocycles. The summed E-state index contributed by atoms with van der Waals surface area (Å²) in [4.78, 5) is 27.5. The molecule has 1 unspecified atom stereocenters. The van der Waals surface area contributed by atoms with Gasteiger partial charge < -0.3 is 15.5 Å². The number of anilines is 2. The Morgan fingerprint density at radius 2 is 1.81 bits per heavy atom. The molecule has 2 N–H and O–H groups in total. The number of para-hydroxylation sites is 1. The molecule has 142 valence electrons. The minimum absolute atomic E-state index is 0.0187. The largest absolute Gasteiger partial charge is 0.326 e. The van der Waals surface area contributed by atoms with Gasteiger partial charge in [0.05, 0.1) is 0 Å². The second-order valence-electron chi connectivity index (χ2n) is 7.41. The second-order valence-corrected chi connectivity index (χ2v) is 7.41. The Kier molecular flexibility index (Phi) is 5.79. The van der Waals surface area contributed by atoms with Crippen LogP contribution in [0.3, 0.4) is 0 Å². The molecule has 1 heterocycles. The molecule has 5 nitrogen and oxygen atoms in total. The molecule has 0 spiro atoms. The van der Waals surface area contributed by atoms with Crippen LogP contribution in [0, 0.1) is 12.8 Å². The average molecular weight is 365 g/mol. The summed E-state index contributed by atoms with van der Waals surface area (Å²) in [6.45, 7) is 6.64. The van der Waals surface area contributed by atoms with Crippen LogP contribution >= 0.6 is 0 Å². The zero-order chi connectivity index (χ0) is 19.4. The van der Waals surface area contributed by atoms with Crippen molar-refractivity contribution in [2.75, 3.05) is 16.8 Å². The van der Waals surface area contributed by atoms with E-state index in [0.717, 1.165) is 18.5 Å². The third-order valence-electron chi connectivity index (χ3n) is 4.87. The highest BCUT2D eigenvalue weighted by Gasteiger charge is 2.31. The van der Waals surface area contributed by atoms with E-state index in [0.29, 0.717) is 12.2 Å². The molecule has 0 saturated heterocycles. The molecular formula is C22H27N3O2. The van der Waals surface area contributed by atoms with E-state index in [4.69, 9.17) is 0 Å². The number of hydrogen-bond donors (Lipinski definition) is 2. The summed E-state index contributed by atoms with van der Waals surface area (Å²) in [5.41, 5.74) is 4.06. The fraction of sp³-hybridized carbons (Fsp3) is 0.364. The molecule has 1 aliphatic rings. The lowest BCUT2D eigenvalue weighted by Crippen LogP contribution is -2.53. The minimum atomic E-state index is -0.582. The van der Waals surface area contributed by atoms with Crippen molar-refractivity contribution in [1.82, 2.24) is 5.32 Å². The van der Waals surface area contributed by atoms with Crippen molar-refractivity contribution in [2.45, 2.75) is 39.7 Å². The van der Waals surface area contributed by atoms with Gasteiger partial charge in [-0.2, -0.15) is 0 Å². The van der Waals surface area contributed by atoms with Gasteiger partial charge in [0, 0.05) is 17.9 Å².